The predicted octanol–water partition coefficient (Wildman–Crippen LogP) is 3.89. The first-order valence-corrected chi connectivity index (χ1v) is 7.30. The molecule has 0 atom stereocenters. The van der Waals surface area contributed by atoms with E-state index in [4.69, 9.17) is 5.11 Å². The first kappa shape index (κ1) is 12.3. The molecule has 0 aliphatic carbocycles. The topological polar surface area (TPSA) is 33.1 Å². The Morgan fingerprint density at radius 3 is 2.79 bits per heavy atom. The number of hydrogen-bond donors (Lipinski definition) is 1. The molecule has 1 heterocycles. The van der Waals surface area contributed by atoms with Gasteiger partial charge in [0.25, 0.3) is 0 Å². The molecule has 0 unspecified atom stereocenters. The van der Waals surface area contributed by atoms with Gasteiger partial charge in [0, 0.05) is 17.6 Å². The van der Waals surface area contributed by atoms with Crippen molar-refractivity contribution in [2.45, 2.75) is 12.8 Å². The summed E-state index contributed by atoms with van der Waals surface area (Å²) in [5.74, 6) is 0. The van der Waals surface area contributed by atoms with Crippen molar-refractivity contribution < 1.29 is 5.11 Å². The lowest BCUT2D eigenvalue weighted by atomic mass is 10.1. The van der Waals surface area contributed by atoms with Crippen LogP contribution in [0.3, 0.4) is 0 Å². The second-order valence-electron chi connectivity index (χ2n) is 4.50. The average Bonchev–Trinajstić information content (AvgIpc) is 2.93. The normalized spacial score (nSPS) is 11.0. The van der Waals surface area contributed by atoms with E-state index in [1.54, 1.807) is 11.3 Å². The summed E-state index contributed by atoms with van der Waals surface area (Å²) in [5, 5.41) is 14.5. The molecule has 1 N–H and O–H groups in total. The van der Waals surface area contributed by atoms with E-state index in [1.807, 2.05) is 0 Å². The second kappa shape index (κ2) is 5.51. The van der Waals surface area contributed by atoms with E-state index in [-0.39, 0.29) is 6.61 Å². The molecule has 3 heteroatoms. The van der Waals surface area contributed by atoms with Crippen molar-refractivity contribution in [2.24, 2.45) is 0 Å². The summed E-state index contributed by atoms with van der Waals surface area (Å²) in [6.07, 6.45) is 1.62. The van der Waals surface area contributed by atoms with Crippen LogP contribution in [0.25, 0.3) is 21.3 Å². The molecule has 0 aliphatic heterocycles. The lowest BCUT2D eigenvalue weighted by molar-refractivity contribution is 0.288. The number of benzene rings is 2. The van der Waals surface area contributed by atoms with Crippen LogP contribution in [-0.4, -0.2) is 16.7 Å². The van der Waals surface area contributed by atoms with Gasteiger partial charge in [-0.25, -0.2) is 4.98 Å². The van der Waals surface area contributed by atoms with Crippen LogP contribution >= 0.6 is 11.3 Å². The summed E-state index contributed by atoms with van der Waals surface area (Å²) < 4.78 is 0. The number of aromatic nitrogens is 1. The zero-order valence-corrected chi connectivity index (χ0v) is 11.4. The van der Waals surface area contributed by atoms with E-state index in [9.17, 15) is 0 Å². The molecule has 0 amide bonds. The highest BCUT2D eigenvalue weighted by Crippen LogP contribution is 2.30. The Hall–Kier alpha value is -1.71. The molecule has 96 valence electrons. The van der Waals surface area contributed by atoms with Crippen LogP contribution < -0.4 is 0 Å². The molecule has 0 fully saturated rings. The Balaban J connectivity index is 2.02. The predicted molar refractivity (Wildman–Crippen MR) is 80.5 cm³/mol. The standard InChI is InChI=1S/C16H15NOS/c18-10-4-7-13-11-19-16(17-13)15-9-3-6-12-5-1-2-8-14(12)15/h1-3,5-6,8-9,11,18H,4,7,10H2. The molecule has 2 nitrogen and oxygen atoms in total. The van der Waals surface area contributed by atoms with Crippen molar-refractivity contribution in [1.82, 2.24) is 4.98 Å². The highest BCUT2D eigenvalue weighted by atomic mass is 32.1. The first-order chi connectivity index (χ1) is 9.38. The van der Waals surface area contributed by atoms with Crippen molar-refractivity contribution in [3.05, 3.63) is 53.5 Å². The molecule has 0 radical (unpaired) electrons. The molecule has 0 spiro atoms. The van der Waals surface area contributed by atoms with E-state index >= 15 is 0 Å². The summed E-state index contributed by atoms with van der Waals surface area (Å²) in [5.41, 5.74) is 2.26. The van der Waals surface area contributed by atoms with Crippen molar-refractivity contribution >= 4 is 22.1 Å². The van der Waals surface area contributed by atoms with Gasteiger partial charge in [-0.2, -0.15) is 0 Å². The van der Waals surface area contributed by atoms with E-state index in [1.165, 1.54) is 16.3 Å². The minimum Gasteiger partial charge on any atom is -0.396 e. The van der Waals surface area contributed by atoms with Gasteiger partial charge in [0.2, 0.25) is 0 Å². The third-order valence-electron chi connectivity index (χ3n) is 3.16. The molecule has 0 bridgehead atoms. The number of aliphatic hydroxyl groups excluding tert-OH is 1. The lowest BCUT2D eigenvalue weighted by Crippen LogP contribution is -1.89. The number of thiazole rings is 1. The van der Waals surface area contributed by atoms with E-state index in [2.05, 4.69) is 52.8 Å². The van der Waals surface area contributed by atoms with Crippen LogP contribution in [0.2, 0.25) is 0 Å². The van der Waals surface area contributed by atoms with E-state index < -0.39 is 0 Å². The Morgan fingerprint density at radius 1 is 1.05 bits per heavy atom. The zero-order chi connectivity index (χ0) is 13.1. The van der Waals surface area contributed by atoms with Gasteiger partial charge in [0.15, 0.2) is 0 Å². The largest absolute Gasteiger partial charge is 0.396 e. The second-order valence-corrected chi connectivity index (χ2v) is 5.36. The van der Waals surface area contributed by atoms with Crippen LogP contribution in [0.15, 0.2) is 47.8 Å². The summed E-state index contributed by atoms with van der Waals surface area (Å²) >= 11 is 1.68. The van der Waals surface area contributed by atoms with Gasteiger partial charge in [-0.3, -0.25) is 0 Å². The van der Waals surface area contributed by atoms with E-state index in [0.717, 1.165) is 23.5 Å². The van der Waals surface area contributed by atoms with Crippen LogP contribution in [0.4, 0.5) is 0 Å². The fourth-order valence-corrected chi connectivity index (χ4v) is 3.11. The summed E-state index contributed by atoms with van der Waals surface area (Å²) in [6.45, 7) is 0.223. The minimum absolute atomic E-state index is 0.223. The van der Waals surface area contributed by atoms with Crippen LogP contribution in [-0.2, 0) is 6.42 Å². The van der Waals surface area contributed by atoms with Gasteiger partial charge in [0.1, 0.15) is 5.01 Å². The third-order valence-corrected chi connectivity index (χ3v) is 4.09. The maximum Gasteiger partial charge on any atom is 0.124 e. The van der Waals surface area contributed by atoms with Crippen molar-refractivity contribution in [3.63, 3.8) is 0 Å². The maximum atomic E-state index is 8.87. The number of aryl methyl sites for hydroxylation is 1. The molecule has 0 saturated carbocycles. The van der Waals surface area contributed by atoms with Gasteiger partial charge in [-0.05, 0) is 23.6 Å². The van der Waals surface area contributed by atoms with Crippen molar-refractivity contribution in [2.75, 3.05) is 6.61 Å². The summed E-state index contributed by atoms with van der Waals surface area (Å²) in [4.78, 5) is 4.68. The fraction of sp³-hybridized carbons (Fsp3) is 0.188. The molecule has 0 aliphatic rings. The van der Waals surface area contributed by atoms with Gasteiger partial charge in [-0.15, -0.1) is 11.3 Å². The molecule has 3 rings (SSSR count). The number of rotatable bonds is 4. The monoisotopic (exact) mass is 269 g/mol. The lowest BCUT2D eigenvalue weighted by Gasteiger charge is -2.03. The SMILES string of the molecule is OCCCc1csc(-c2cccc3ccccc23)n1. The number of nitrogens with zero attached hydrogens (tertiary/aromatic N) is 1. The van der Waals surface area contributed by atoms with Gasteiger partial charge < -0.3 is 5.11 Å². The molecule has 0 saturated heterocycles. The Morgan fingerprint density at radius 2 is 1.89 bits per heavy atom. The van der Waals surface area contributed by atoms with Crippen molar-refractivity contribution in [3.8, 4) is 10.6 Å². The third kappa shape index (κ3) is 2.53. The molecular weight excluding hydrogens is 254 g/mol. The summed E-state index contributed by atoms with van der Waals surface area (Å²) in [6, 6.07) is 14.7. The van der Waals surface area contributed by atoms with Crippen LogP contribution in [0.5, 0.6) is 0 Å². The quantitative estimate of drug-likeness (QED) is 0.779. The fourth-order valence-electron chi connectivity index (χ4n) is 2.22. The highest BCUT2D eigenvalue weighted by molar-refractivity contribution is 7.13. The molecule has 19 heavy (non-hydrogen) atoms. The Labute approximate surface area is 116 Å². The molecule has 1 aromatic heterocycles. The summed E-state index contributed by atoms with van der Waals surface area (Å²) in [7, 11) is 0. The zero-order valence-electron chi connectivity index (χ0n) is 10.5. The van der Waals surface area contributed by atoms with E-state index in [0.29, 0.717) is 0 Å². The molecule has 3 aromatic rings. The van der Waals surface area contributed by atoms with Crippen LogP contribution in [0.1, 0.15) is 12.1 Å². The number of hydrogen-bond acceptors (Lipinski definition) is 3. The smallest absolute Gasteiger partial charge is 0.124 e. The maximum absolute atomic E-state index is 8.87. The Bertz CT molecular complexity index is 685. The highest BCUT2D eigenvalue weighted by Gasteiger charge is 2.07. The number of aliphatic hydroxyl groups is 1. The first-order valence-electron chi connectivity index (χ1n) is 6.42. The van der Waals surface area contributed by atoms with Crippen molar-refractivity contribution in [1.29, 1.82) is 0 Å². The minimum atomic E-state index is 0.223. The van der Waals surface area contributed by atoms with Gasteiger partial charge in [-0.1, -0.05) is 42.5 Å². The molecular formula is C16H15NOS. The van der Waals surface area contributed by atoms with Gasteiger partial charge >= 0.3 is 0 Å². The van der Waals surface area contributed by atoms with Crippen LogP contribution in [0, 0.1) is 0 Å². The van der Waals surface area contributed by atoms with Gasteiger partial charge in [0.05, 0.1) is 5.69 Å². The average molecular weight is 269 g/mol. The Kier molecular flexibility index (Phi) is 3.58. The molecule has 2 aromatic carbocycles. The number of fused-ring (bicyclic) bond motifs is 1.